The summed E-state index contributed by atoms with van der Waals surface area (Å²) in [5.41, 5.74) is 3.35. The van der Waals surface area contributed by atoms with Crippen molar-refractivity contribution in [2.75, 3.05) is 32.8 Å². The number of rotatable bonds is 6. The largest absolute Gasteiger partial charge is 0.480 e. The molecule has 3 N–H and O–H groups in total. The van der Waals surface area contributed by atoms with Crippen LogP contribution >= 0.6 is 0 Å². The molecule has 0 atom stereocenters. The Bertz CT molecular complexity index is 862. The number of likely N-dealkylation sites (tertiary alicyclic amines) is 1. The van der Waals surface area contributed by atoms with Crippen LogP contribution in [0.3, 0.4) is 0 Å². The van der Waals surface area contributed by atoms with Crippen LogP contribution in [0.4, 0.5) is 4.79 Å². The summed E-state index contributed by atoms with van der Waals surface area (Å²) in [6, 6.07) is 16.2. The predicted octanol–water partition coefficient (Wildman–Crippen LogP) is 1.66. The topological polar surface area (TPSA) is 99.1 Å². The lowest BCUT2D eigenvalue weighted by Crippen LogP contribution is -2.74. The van der Waals surface area contributed by atoms with Crippen molar-refractivity contribution in [2.45, 2.75) is 11.5 Å². The molecule has 0 spiro atoms. The number of aliphatic hydroxyl groups excluding tert-OH is 1. The maximum absolute atomic E-state index is 12.4. The molecule has 28 heavy (non-hydrogen) atoms. The van der Waals surface area contributed by atoms with Crippen molar-refractivity contribution >= 4 is 12.1 Å². The van der Waals surface area contributed by atoms with E-state index in [2.05, 4.69) is 17.4 Å². The van der Waals surface area contributed by atoms with Gasteiger partial charge in [0.15, 0.2) is 5.54 Å². The van der Waals surface area contributed by atoms with E-state index < -0.39 is 17.6 Å². The van der Waals surface area contributed by atoms with E-state index >= 15 is 0 Å². The molecule has 0 bridgehead atoms. The lowest BCUT2D eigenvalue weighted by atomic mass is 9.90. The number of carbonyl (C=O) groups is 2. The molecule has 146 valence electrons. The van der Waals surface area contributed by atoms with E-state index in [-0.39, 0.29) is 38.8 Å². The van der Waals surface area contributed by atoms with Gasteiger partial charge in [-0.2, -0.15) is 0 Å². The normalized spacial score (nSPS) is 16.8. The molecule has 2 aromatic rings. The third-order valence-electron chi connectivity index (χ3n) is 5.50. The molecule has 1 fully saturated rings. The standard InChI is InChI=1S/C21H22N2O5/c24-10-9-22-21(19(25)26)12-23(13-21)20(27)28-11-18-16-7-3-1-5-14(16)15-6-2-4-8-17(15)18/h1-8,18,22,24H,9-13H2,(H,25,26). The molecule has 0 radical (unpaired) electrons. The highest BCUT2D eigenvalue weighted by molar-refractivity contribution is 5.84. The van der Waals surface area contributed by atoms with Crippen LogP contribution in [0.2, 0.25) is 0 Å². The van der Waals surface area contributed by atoms with Crippen LogP contribution in [0.5, 0.6) is 0 Å². The van der Waals surface area contributed by atoms with Crippen LogP contribution < -0.4 is 5.32 Å². The maximum atomic E-state index is 12.4. The first-order valence-corrected chi connectivity index (χ1v) is 9.25. The van der Waals surface area contributed by atoms with Crippen molar-refractivity contribution < 1.29 is 24.5 Å². The first-order valence-electron chi connectivity index (χ1n) is 9.25. The highest BCUT2D eigenvalue weighted by Gasteiger charge is 2.51. The highest BCUT2D eigenvalue weighted by atomic mass is 16.6. The first kappa shape index (κ1) is 18.5. The van der Waals surface area contributed by atoms with Crippen LogP contribution in [0, 0.1) is 0 Å². The number of ether oxygens (including phenoxy) is 1. The fraction of sp³-hybridized carbons (Fsp3) is 0.333. The van der Waals surface area contributed by atoms with Gasteiger partial charge in [0.05, 0.1) is 19.7 Å². The van der Waals surface area contributed by atoms with E-state index in [1.54, 1.807) is 0 Å². The number of aliphatic carboxylic acids is 1. The van der Waals surface area contributed by atoms with Crippen molar-refractivity contribution in [1.29, 1.82) is 0 Å². The van der Waals surface area contributed by atoms with E-state index in [1.807, 2.05) is 36.4 Å². The smallest absolute Gasteiger partial charge is 0.409 e. The number of β-amino-alcohol motifs (C(OH)–C–C–N with tert-alkyl or cyclic N) is 1. The molecule has 4 rings (SSSR count). The molecule has 1 amide bonds. The number of fused-ring (bicyclic) bond motifs is 3. The molecular formula is C21H22N2O5. The molecule has 0 saturated carbocycles. The second-order valence-corrected chi connectivity index (χ2v) is 7.20. The SMILES string of the molecule is O=C(OCC1c2ccccc2-c2ccccc21)N1CC(NCCO)(C(=O)O)C1. The monoisotopic (exact) mass is 382 g/mol. The molecule has 0 aromatic heterocycles. The summed E-state index contributed by atoms with van der Waals surface area (Å²) < 4.78 is 5.54. The number of hydrogen-bond donors (Lipinski definition) is 3. The Morgan fingerprint density at radius 2 is 1.64 bits per heavy atom. The average molecular weight is 382 g/mol. The molecule has 7 heteroatoms. The number of benzene rings is 2. The molecule has 7 nitrogen and oxygen atoms in total. The van der Waals surface area contributed by atoms with E-state index in [0.29, 0.717) is 0 Å². The van der Waals surface area contributed by atoms with E-state index in [0.717, 1.165) is 22.3 Å². The fourth-order valence-corrected chi connectivity index (χ4v) is 4.04. The van der Waals surface area contributed by atoms with Gasteiger partial charge in [-0.1, -0.05) is 48.5 Å². The quantitative estimate of drug-likeness (QED) is 0.703. The van der Waals surface area contributed by atoms with Gasteiger partial charge in [-0.05, 0) is 22.3 Å². The van der Waals surface area contributed by atoms with Gasteiger partial charge < -0.3 is 19.8 Å². The predicted molar refractivity (Wildman–Crippen MR) is 102 cm³/mol. The van der Waals surface area contributed by atoms with Crippen LogP contribution in [-0.4, -0.2) is 65.6 Å². The molecule has 2 aliphatic rings. The number of carboxylic acids is 1. The summed E-state index contributed by atoms with van der Waals surface area (Å²) in [6.45, 7) is 0.219. The molecular weight excluding hydrogens is 360 g/mol. The number of carbonyl (C=O) groups excluding carboxylic acids is 1. The van der Waals surface area contributed by atoms with Gasteiger partial charge in [-0.3, -0.25) is 10.1 Å². The third-order valence-corrected chi connectivity index (χ3v) is 5.50. The minimum absolute atomic E-state index is 0.0129. The number of aliphatic hydroxyl groups is 1. The number of carboxylic acid groups (broad SMARTS) is 1. The molecule has 1 aliphatic carbocycles. The Labute approximate surface area is 162 Å². The molecule has 1 heterocycles. The van der Waals surface area contributed by atoms with E-state index in [4.69, 9.17) is 9.84 Å². The van der Waals surface area contributed by atoms with Gasteiger partial charge in [0.25, 0.3) is 0 Å². The van der Waals surface area contributed by atoms with Gasteiger partial charge in [0.1, 0.15) is 6.61 Å². The summed E-state index contributed by atoms with van der Waals surface area (Å²) >= 11 is 0. The van der Waals surface area contributed by atoms with Crippen LogP contribution in [0.25, 0.3) is 11.1 Å². The Hall–Kier alpha value is -2.90. The summed E-state index contributed by atoms with van der Waals surface area (Å²) in [7, 11) is 0. The summed E-state index contributed by atoms with van der Waals surface area (Å²) in [5.74, 6) is -1.07. The first-order chi connectivity index (χ1) is 13.6. The maximum Gasteiger partial charge on any atom is 0.409 e. The van der Waals surface area contributed by atoms with Crippen molar-refractivity contribution in [2.24, 2.45) is 0 Å². The Kier molecular flexibility index (Phi) is 4.78. The van der Waals surface area contributed by atoms with Crippen molar-refractivity contribution in [3.63, 3.8) is 0 Å². The highest BCUT2D eigenvalue weighted by Crippen LogP contribution is 2.44. The molecule has 1 saturated heterocycles. The van der Waals surface area contributed by atoms with Crippen LogP contribution in [0.1, 0.15) is 17.0 Å². The minimum Gasteiger partial charge on any atom is -0.480 e. The summed E-state index contributed by atoms with van der Waals surface area (Å²) in [6.07, 6.45) is -0.524. The zero-order chi connectivity index (χ0) is 19.7. The summed E-state index contributed by atoms with van der Waals surface area (Å²) in [4.78, 5) is 25.3. The van der Waals surface area contributed by atoms with Gasteiger partial charge in [0, 0.05) is 12.5 Å². The van der Waals surface area contributed by atoms with Gasteiger partial charge in [-0.25, -0.2) is 4.79 Å². The van der Waals surface area contributed by atoms with E-state index in [1.165, 1.54) is 4.90 Å². The third kappa shape index (κ3) is 3.02. The number of nitrogens with one attached hydrogen (secondary N) is 1. The lowest BCUT2D eigenvalue weighted by Gasteiger charge is -2.46. The van der Waals surface area contributed by atoms with E-state index in [9.17, 15) is 14.7 Å². The van der Waals surface area contributed by atoms with Crippen LogP contribution in [0.15, 0.2) is 48.5 Å². The molecule has 2 aromatic carbocycles. The number of nitrogens with zero attached hydrogens (tertiary/aromatic N) is 1. The average Bonchev–Trinajstić information content (AvgIpc) is 2.99. The van der Waals surface area contributed by atoms with Gasteiger partial charge in [0.2, 0.25) is 0 Å². The molecule has 0 unspecified atom stereocenters. The minimum atomic E-state index is -1.21. The zero-order valence-corrected chi connectivity index (χ0v) is 15.3. The summed E-state index contributed by atoms with van der Waals surface area (Å²) in [5, 5.41) is 21.1. The van der Waals surface area contributed by atoms with Crippen LogP contribution in [-0.2, 0) is 9.53 Å². The fourth-order valence-electron chi connectivity index (χ4n) is 4.04. The van der Waals surface area contributed by atoms with Crippen molar-refractivity contribution in [1.82, 2.24) is 10.2 Å². The van der Waals surface area contributed by atoms with Gasteiger partial charge >= 0.3 is 12.1 Å². The zero-order valence-electron chi connectivity index (χ0n) is 15.3. The number of hydrogen-bond acceptors (Lipinski definition) is 5. The molecule has 1 aliphatic heterocycles. The Morgan fingerprint density at radius 3 is 2.18 bits per heavy atom. The second kappa shape index (κ2) is 7.26. The second-order valence-electron chi connectivity index (χ2n) is 7.20. The lowest BCUT2D eigenvalue weighted by molar-refractivity contribution is -0.151. The Balaban J connectivity index is 1.42. The number of amides is 1. The van der Waals surface area contributed by atoms with Crippen molar-refractivity contribution in [3.8, 4) is 11.1 Å². The van der Waals surface area contributed by atoms with Gasteiger partial charge in [-0.15, -0.1) is 0 Å². The Morgan fingerprint density at radius 1 is 1.07 bits per heavy atom. The van der Waals surface area contributed by atoms with Crippen molar-refractivity contribution in [3.05, 3.63) is 59.7 Å².